The quantitative estimate of drug-likeness (QED) is 0.142. The second kappa shape index (κ2) is 11.4. The number of pyridine rings is 1. The van der Waals surface area contributed by atoms with Gasteiger partial charge in [-0.3, -0.25) is 9.89 Å². The van der Waals surface area contributed by atoms with Gasteiger partial charge in [0.25, 0.3) is 0 Å². The van der Waals surface area contributed by atoms with Crippen LogP contribution in [0.15, 0.2) is 37.3 Å². The summed E-state index contributed by atoms with van der Waals surface area (Å²) >= 11 is 12.8. The second-order valence-corrected chi connectivity index (χ2v) is 17.3. The topological polar surface area (TPSA) is 109 Å². The van der Waals surface area contributed by atoms with Gasteiger partial charge in [-0.2, -0.15) is 10.1 Å². The summed E-state index contributed by atoms with van der Waals surface area (Å²) < 4.78 is 27.3. The van der Waals surface area contributed by atoms with Gasteiger partial charge in [0.15, 0.2) is 14.1 Å². The molecule has 1 N–H and O–H groups in total. The first-order chi connectivity index (χ1) is 19.8. The lowest BCUT2D eigenvalue weighted by atomic mass is 10.1. The van der Waals surface area contributed by atoms with Crippen LogP contribution < -0.4 is 9.64 Å². The fraction of sp³-hybridized carbons (Fsp3) is 0.393. The number of aromatic nitrogens is 5. The summed E-state index contributed by atoms with van der Waals surface area (Å²) in [4.78, 5) is 29.9. The van der Waals surface area contributed by atoms with Crippen molar-refractivity contribution in [1.29, 1.82) is 0 Å². The summed E-state index contributed by atoms with van der Waals surface area (Å²) in [5, 5.41) is 7.64. The monoisotopic (exact) mass is 631 g/mol. The minimum atomic E-state index is -2.10. The smallest absolute Gasteiger partial charge is 0.247 e. The van der Waals surface area contributed by atoms with Gasteiger partial charge < -0.3 is 19.0 Å². The number of H-pyrrole nitrogens is 1. The van der Waals surface area contributed by atoms with Crippen molar-refractivity contribution in [2.24, 2.45) is 0 Å². The number of nitrogens with one attached hydrogen (secondary N) is 1. The number of amides is 1. The molecule has 0 saturated carbocycles. The van der Waals surface area contributed by atoms with Crippen LogP contribution in [0.25, 0.3) is 21.8 Å². The molecule has 1 atom stereocenters. The number of hydrogen-bond acceptors (Lipinski definition) is 8. The lowest BCUT2D eigenvalue weighted by Gasteiger charge is -2.44. The Kier molecular flexibility index (Phi) is 8.18. The van der Waals surface area contributed by atoms with Crippen LogP contribution in [0.2, 0.25) is 28.3 Å². The normalized spacial score (nSPS) is 16.3. The largest absolute Gasteiger partial charge is 0.434 e. The van der Waals surface area contributed by atoms with E-state index in [1.165, 1.54) is 24.7 Å². The van der Waals surface area contributed by atoms with Crippen molar-refractivity contribution in [3.8, 4) is 11.6 Å². The van der Waals surface area contributed by atoms with E-state index in [1.807, 2.05) is 0 Å². The van der Waals surface area contributed by atoms with Crippen molar-refractivity contribution >= 4 is 65.1 Å². The minimum Gasteiger partial charge on any atom is -0.434 e. The highest BCUT2D eigenvalue weighted by Crippen LogP contribution is 2.41. The average molecular weight is 633 g/mol. The Hall–Kier alpha value is -3.32. The van der Waals surface area contributed by atoms with Gasteiger partial charge in [0, 0.05) is 25.7 Å². The lowest BCUT2D eigenvalue weighted by Crippen LogP contribution is -2.58. The van der Waals surface area contributed by atoms with Gasteiger partial charge in [-0.25, -0.2) is 14.4 Å². The molecule has 222 valence electrons. The van der Waals surface area contributed by atoms with E-state index in [-0.39, 0.29) is 38.8 Å². The highest BCUT2D eigenvalue weighted by molar-refractivity contribution is 6.74. The van der Waals surface area contributed by atoms with E-state index in [0.29, 0.717) is 53.9 Å². The summed E-state index contributed by atoms with van der Waals surface area (Å²) in [6, 6.07) is 2.69. The van der Waals surface area contributed by atoms with E-state index in [4.69, 9.17) is 32.4 Å². The summed E-state index contributed by atoms with van der Waals surface area (Å²) in [5.41, 5.74) is 0.764. The number of aromatic amines is 1. The molecule has 0 bridgehead atoms. The Morgan fingerprint density at radius 3 is 2.71 bits per heavy atom. The van der Waals surface area contributed by atoms with Crippen molar-refractivity contribution < 1.29 is 18.3 Å². The van der Waals surface area contributed by atoms with E-state index >= 15 is 0 Å². The predicted octanol–water partition coefficient (Wildman–Crippen LogP) is 6.36. The number of benzene rings is 1. The van der Waals surface area contributed by atoms with Crippen molar-refractivity contribution in [1.82, 2.24) is 30.0 Å². The van der Waals surface area contributed by atoms with E-state index in [9.17, 15) is 9.18 Å². The number of hydrogen-bond donors (Lipinski definition) is 1. The van der Waals surface area contributed by atoms with Gasteiger partial charge in [0.1, 0.15) is 33.7 Å². The molecule has 1 aliphatic heterocycles. The van der Waals surface area contributed by atoms with Crippen LogP contribution in [0.1, 0.15) is 20.8 Å². The number of nitrogens with zero attached hydrogens (tertiary/aromatic N) is 6. The van der Waals surface area contributed by atoms with Crippen LogP contribution in [0.3, 0.4) is 0 Å². The highest BCUT2D eigenvalue weighted by Gasteiger charge is 2.39. The molecule has 1 aliphatic rings. The molecule has 10 nitrogen and oxygen atoms in total. The van der Waals surface area contributed by atoms with Crippen molar-refractivity contribution in [2.45, 2.75) is 44.9 Å². The molecule has 1 saturated heterocycles. The zero-order valence-electron chi connectivity index (χ0n) is 24.0. The van der Waals surface area contributed by atoms with Crippen molar-refractivity contribution in [2.75, 3.05) is 31.1 Å². The van der Waals surface area contributed by atoms with Crippen LogP contribution in [0, 0.1) is 5.82 Å². The first kappa shape index (κ1) is 30.1. The maximum absolute atomic E-state index is 14.6. The zero-order chi connectivity index (χ0) is 30.4. The van der Waals surface area contributed by atoms with Gasteiger partial charge in [-0.05, 0) is 30.3 Å². The van der Waals surface area contributed by atoms with E-state index in [2.05, 4.69) is 70.5 Å². The number of ether oxygens (including phenoxy) is 1. The molecule has 3 aromatic heterocycles. The number of rotatable bonds is 7. The molecule has 0 unspecified atom stereocenters. The molecule has 5 rings (SSSR count). The minimum absolute atomic E-state index is 0.00869. The fourth-order valence-corrected chi connectivity index (χ4v) is 6.04. The van der Waals surface area contributed by atoms with Crippen LogP contribution in [0.5, 0.6) is 11.6 Å². The van der Waals surface area contributed by atoms with Gasteiger partial charge in [0.05, 0.1) is 35.1 Å². The first-order valence-electron chi connectivity index (χ1n) is 13.4. The van der Waals surface area contributed by atoms with Crippen molar-refractivity contribution in [3.63, 3.8) is 0 Å². The standard InChI is InChI=1S/C28H32Cl2FN7O3Si/c1-7-22(39)37-8-9-38(16(13-37)14-40-42(5,6)28(2,3)4)26-17-10-21(29)35-27(24(17)32-15-33-26)41-25-18-12-34-36-20(18)11-19(31)23(25)30/h7,10-12,15-16H,1,8-9,13-14H2,2-6H3,(H,34,36)/t16-/m1/s1. The number of fused-ring (bicyclic) bond motifs is 2. The van der Waals surface area contributed by atoms with E-state index in [1.54, 1.807) is 11.0 Å². The van der Waals surface area contributed by atoms with Crippen molar-refractivity contribution in [3.05, 3.63) is 53.3 Å². The molecule has 1 fully saturated rings. The maximum atomic E-state index is 14.6. The zero-order valence-corrected chi connectivity index (χ0v) is 26.6. The lowest BCUT2D eigenvalue weighted by molar-refractivity contribution is -0.126. The number of piperazine rings is 1. The molecule has 42 heavy (non-hydrogen) atoms. The molecule has 0 radical (unpaired) electrons. The molecule has 14 heteroatoms. The SMILES string of the molecule is C=CC(=O)N1CCN(c2ncnc3c(Oc4c(Cl)c(F)cc5[nH]ncc45)nc(Cl)cc23)[C@@H](CO[Si](C)(C)C(C)(C)C)C1. The number of carbonyl (C=O) groups excluding carboxylic acids is 1. The second-order valence-electron chi connectivity index (χ2n) is 11.7. The number of anilines is 1. The van der Waals surface area contributed by atoms with Gasteiger partial charge in [-0.1, -0.05) is 50.6 Å². The van der Waals surface area contributed by atoms with E-state index in [0.717, 1.165) is 0 Å². The Labute approximate surface area is 254 Å². The Bertz CT molecular complexity index is 1680. The summed E-state index contributed by atoms with van der Waals surface area (Å²) in [6.07, 6.45) is 4.22. The van der Waals surface area contributed by atoms with Gasteiger partial charge in [-0.15, -0.1) is 0 Å². The van der Waals surface area contributed by atoms with Crippen LogP contribution >= 0.6 is 23.2 Å². The Balaban J connectivity index is 1.56. The number of carbonyl (C=O) groups is 1. The Morgan fingerprint density at radius 2 is 2.00 bits per heavy atom. The molecule has 1 aromatic carbocycles. The molecule has 1 amide bonds. The summed E-state index contributed by atoms with van der Waals surface area (Å²) in [6.45, 7) is 16.3. The van der Waals surface area contributed by atoms with Gasteiger partial charge in [0.2, 0.25) is 11.8 Å². The van der Waals surface area contributed by atoms with E-state index < -0.39 is 14.1 Å². The van der Waals surface area contributed by atoms with Crippen LogP contribution in [-0.4, -0.2) is 76.6 Å². The maximum Gasteiger partial charge on any atom is 0.247 e. The van der Waals surface area contributed by atoms with Crippen LogP contribution in [-0.2, 0) is 9.22 Å². The van der Waals surface area contributed by atoms with Gasteiger partial charge >= 0.3 is 0 Å². The fourth-order valence-electron chi connectivity index (χ4n) is 4.62. The molecular formula is C28H32Cl2FN7O3Si. The molecule has 4 aromatic rings. The average Bonchev–Trinajstić information content (AvgIpc) is 3.41. The number of halogens is 3. The predicted molar refractivity (Wildman–Crippen MR) is 165 cm³/mol. The molecular weight excluding hydrogens is 600 g/mol. The molecule has 0 aliphatic carbocycles. The highest BCUT2D eigenvalue weighted by atomic mass is 35.5. The molecule has 0 spiro atoms. The third kappa shape index (κ3) is 5.68. The Morgan fingerprint density at radius 1 is 1.24 bits per heavy atom. The van der Waals surface area contributed by atoms with Crippen LogP contribution in [0.4, 0.5) is 10.2 Å². The third-order valence-corrected chi connectivity index (χ3v) is 13.1. The first-order valence-corrected chi connectivity index (χ1v) is 17.1. The summed E-state index contributed by atoms with van der Waals surface area (Å²) in [7, 11) is -2.10. The molecule has 4 heterocycles. The summed E-state index contributed by atoms with van der Waals surface area (Å²) in [5.74, 6) is -0.163. The third-order valence-electron chi connectivity index (χ3n) is 8.01.